The number of rotatable bonds is 3. The predicted octanol–water partition coefficient (Wildman–Crippen LogP) is 2.75. The second-order valence-electron chi connectivity index (χ2n) is 4.93. The Labute approximate surface area is 122 Å². The molecule has 0 aliphatic carbocycles. The Bertz CT molecular complexity index is 576. The van der Waals surface area contributed by atoms with Crippen molar-refractivity contribution in [2.45, 2.75) is 12.8 Å². The fourth-order valence-electron chi connectivity index (χ4n) is 2.35. The normalized spacial score (nSPS) is 18.7. The van der Waals surface area contributed by atoms with Crippen LogP contribution in [0.15, 0.2) is 36.5 Å². The van der Waals surface area contributed by atoms with Crippen molar-refractivity contribution in [2.75, 3.05) is 18.4 Å². The van der Waals surface area contributed by atoms with E-state index in [1.165, 1.54) is 11.3 Å². The summed E-state index contributed by atoms with van der Waals surface area (Å²) in [5.41, 5.74) is 1.13. The molecular formula is C15H17N3OS. The van der Waals surface area contributed by atoms with Gasteiger partial charge >= 0.3 is 0 Å². The predicted molar refractivity (Wildman–Crippen MR) is 81.8 cm³/mol. The largest absolute Gasteiger partial charge is 0.316 e. The van der Waals surface area contributed by atoms with E-state index >= 15 is 0 Å². The molecule has 1 unspecified atom stereocenters. The van der Waals surface area contributed by atoms with Crippen LogP contribution in [0.2, 0.25) is 0 Å². The van der Waals surface area contributed by atoms with Crippen molar-refractivity contribution in [3.8, 4) is 10.4 Å². The molecule has 0 spiro atoms. The molecule has 0 bridgehead atoms. The van der Waals surface area contributed by atoms with Gasteiger partial charge in [0.1, 0.15) is 0 Å². The number of hydrogen-bond donors (Lipinski definition) is 2. The molecular weight excluding hydrogens is 270 g/mol. The van der Waals surface area contributed by atoms with Gasteiger partial charge in [0.05, 0.1) is 10.8 Å². The number of anilines is 1. The lowest BCUT2D eigenvalue weighted by atomic mass is 9.99. The summed E-state index contributed by atoms with van der Waals surface area (Å²) in [4.78, 5) is 17.5. The van der Waals surface area contributed by atoms with Gasteiger partial charge in [-0.2, -0.15) is 0 Å². The molecule has 1 aromatic heterocycles. The third-order valence-electron chi connectivity index (χ3n) is 3.46. The number of thiazole rings is 1. The molecule has 1 amide bonds. The maximum absolute atomic E-state index is 12.1. The zero-order valence-electron chi connectivity index (χ0n) is 11.1. The van der Waals surface area contributed by atoms with E-state index < -0.39 is 0 Å². The molecule has 3 rings (SSSR count). The molecule has 2 aromatic rings. The first kappa shape index (κ1) is 13.3. The molecule has 4 nitrogen and oxygen atoms in total. The molecule has 0 saturated carbocycles. The summed E-state index contributed by atoms with van der Waals surface area (Å²) in [7, 11) is 0. The van der Waals surface area contributed by atoms with E-state index in [4.69, 9.17) is 0 Å². The third-order valence-corrected chi connectivity index (χ3v) is 4.42. The van der Waals surface area contributed by atoms with Crippen LogP contribution in [0, 0.1) is 5.92 Å². The molecule has 2 heterocycles. The van der Waals surface area contributed by atoms with Gasteiger partial charge in [0, 0.05) is 12.7 Å². The summed E-state index contributed by atoms with van der Waals surface area (Å²) in [5, 5.41) is 6.87. The summed E-state index contributed by atoms with van der Waals surface area (Å²) in [6.07, 6.45) is 3.83. The van der Waals surface area contributed by atoms with Gasteiger partial charge in [0.15, 0.2) is 5.13 Å². The fraction of sp³-hybridized carbons (Fsp3) is 0.333. The minimum absolute atomic E-state index is 0.0628. The highest BCUT2D eigenvalue weighted by molar-refractivity contribution is 7.19. The second kappa shape index (κ2) is 6.15. The topological polar surface area (TPSA) is 54.0 Å². The number of hydrogen-bond acceptors (Lipinski definition) is 4. The van der Waals surface area contributed by atoms with Crippen molar-refractivity contribution in [3.63, 3.8) is 0 Å². The molecule has 20 heavy (non-hydrogen) atoms. The maximum atomic E-state index is 12.1. The Morgan fingerprint density at radius 3 is 2.95 bits per heavy atom. The molecule has 104 valence electrons. The fourth-order valence-corrected chi connectivity index (χ4v) is 3.18. The van der Waals surface area contributed by atoms with E-state index in [0.717, 1.165) is 36.4 Å². The van der Waals surface area contributed by atoms with E-state index in [9.17, 15) is 4.79 Å². The monoisotopic (exact) mass is 287 g/mol. The van der Waals surface area contributed by atoms with Gasteiger partial charge in [0.25, 0.3) is 0 Å². The summed E-state index contributed by atoms with van der Waals surface area (Å²) in [5.74, 6) is 0.138. The Kier molecular flexibility index (Phi) is 4.08. The van der Waals surface area contributed by atoms with Crippen LogP contribution in [0.3, 0.4) is 0 Å². The van der Waals surface area contributed by atoms with Crippen LogP contribution in [-0.2, 0) is 4.79 Å². The number of amides is 1. The lowest BCUT2D eigenvalue weighted by Crippen LogP contribution is -2.37. The first-order valence-electron chi connectivity index (χ1n) is 6.86. The molecule has 1 atom stereocenters. The summed E-state index contributed by atoms with van der Waals surface area (Å²) < 4.78 is 0. The van der Waals surface area contributed by atoms with E-state index in [0.29, 0.717) is 5.13 Å². The first-order chi connectivity index (χ1) is 9.83. The van der Waals surface area contributed by atoms with Crippen molar-refractivity contribution >= 4 is 22.4 Å². The molecule has 1 aliphatic rings. The average Bonchev–Trinajstić information content (AvgIpc) is 2.97. The summed E-state index contributed by atoms with van der Waals surface area (Å²) in [6, 6.07) is 10.1. The van der Waals surface area contributed by atoms with Crippen molar-refractivity contribution in [2.24, 2.45) is 5.92 Å². The molecule has 1 aromatic carbocycles. The Hall–Kier alpha value is -1.72. The first-order valence-corrected chi connectivity index (χ1v) is 7.67. The maximum Gasteiger partial charge on any atom is 0.230 e. The number of benzene rings is 1. The molecule has 5 heteroatoms. The highest BCUT2D eigenvalue weighted by Gasteiger charge is 2.21. The number of nitrogens with one attached hydrogen (secondary N) is 2. The van der Waals surface area contributed by atoms with Crippen molar-refractivity contribution < 1.29 is 4.79 Å². The lowest BCUT2D eigenvalue weighted by molar-refractivity contribution is -0.120. The highest BCUT2D eigenvalue weighted by Crippen LogP contribution is 2.29. The quantitative estimate of drug-likeness (QED) is 0.912. The summed E-state index contributed by atoms with van der Waals surface area (Å²) in [6.45, 7) is 1.78. The third kappa shape index (κ3) is 3.05. The Morgan fingerprint density at radius 2 is 2.20 bits per heavy atom. The van der Waals surface area contributed by atoms with Crippen LogP contribution in [0.1, 0.15) is 12.8 Å². The van der Waals surface area contributed by atoms with Crippen LogP contribution in [0.5, 0.6) is 0 Å². The smallest absolute Gasteiger partial charge is 0.230 e. The van der Waals surface area contributed by atoms with Gasteiger partial charge in [-0.1, -0.05) is 41.7 Å². The zero-order chi connectivity index (χ0) is 13.8. The van der Waals surface area contributed by atoms with Gasteiger partial charge in [-0.05, 0) is 24.9 Å². The number of aromatic nitrogens is 1. The standard InChI is InChI=1S/C15H17N3OS/c19-14(12-7-4-8-16-9-12)18-15-17-10-13(20-15)11-5-2-1-3-6-11/h1-3,5-6,10,12,16H,4,7-9H2,(H,17,18,19). The van der Waals surface area contributed by atoms with E-state index in [1.807, 2.05) is 36.5 Å². The minimum atomic E-state index is 0.0628. The minimum Gasteiger partial charge on any atom is -0.316 e. The van der Waals surface area contributed by atoms with Crippen LogP contribution in [-0.4, -0.2) is 24.0 Å². The SMILES string of the molecule is O=C(Nc1ncc(-c2ccccc2)s1)C1CCCNC1. The second-order valence-corrected chi connectivity index (χ2v) is 5.96. The van der Waals surface area contributed by atoms with Crippen LogP contribution in [0.4, 0.5) is 5.13 Å². The average molecular weight is 287 g/mol. The molecule has 0 radical (unpaired) electrons. The van der Waals surface area contributed by atoms with Gasteiger partial charge in [-0.3, -0.25) is 4.79 Å². The van der Waals surface area contributed by atoms with Gasteiger partial charge in [0.2, 0.25) is 5.91 Å². The Balaban J connectivity index is 1.66. The van der Waals surface area contributed by atoms with Gasteiger partial charge < -0.3 is 10.6 Å². The zero-order valence-corrected chi connectivity index (χ0v) is 12.0. The number of carbonyl (C=O) groups excluding carboxylic acids is 1. The summed E-state index contributed by atoms with van der Waals surface area (Å²) >= 11 is 1.51. The van der Waals surface area contributed by atoms with Crippen molar-refractivity contribution in [1.82, 2.24) is 10.3 Å². The van der Waals surface area contributed by atoms with Crippen molar-refractivity contribution in [3.05, 3.63) is 36.5 Å². The molecule has 1 aliphatic heterocycles. The van der Waals surface area contributed by atoms with Gasteiger partial charge in [-0.15, -0.1) is 0 Å². The van der Waals surface area contributed by atoms with Crippen LogP contribution in [0.25, 0.3) is 10.4 Å². The lowest BCUT2D eigenvalue weighted by Gasteiger charge is -2.21. The Morgan fingerprint density at radius 1 is 1.35 bits per heavy atom. The van der Waals surface area contributed by atoms with E-state index in [-0.39, 0.29) is 11.8 Å². The van der Waals surface area contributed by atoms with Crippen LogP contribution >= 0.6 is 11.3 Å². The van der Waals surface area contributed by atoms with Gasteiger partial charge in [-0.25, -0.2) is 4.98 Å². The van der Waals surface area contributed by atoms with Crippen molar-refractivity contribution in [1.29, 1.82) is 0 Å². The number of carbonyl (C=O) groups is 1. The molecule has 2 N–H and O–H groups in total. The number of nitrogens with zero attached hydrogens (tertiary/aromatic N) is 1. The highest BCUT2D eigenvalue weighted by atomic mass is 32.1. The molecule has 1 saturated heterocycles. The van der Waals surface area contributed by atoms with Crippen LogP contribution < -0.4 is 10.6 Å². The van der Waals surface area contributed by atoms with E-state index in [2.05, 4.69) is 15.6 Å². The number of piperidine rings is 1. The van der Waals surface area contributed by atoms with E-state index in [1.54, 1.807) is 0 Å². The molecule has 1 fully saturated rings.